The van der Waals surface area contributed by atoms with E-state index in [1.54, 1.807) is 34.9 Å². The van der Waals surface area contributed by atoms with Gasteiger partial charge in [0.15, 0.2) is 0 Å². The zero-order valence-corrected chi connectivity index (χ0v) is 13.7. The first kappa shape index (κ1) is 18.1. The number of halogens is 2. The van der Waals surface area contributed by atoms with Gasteiger partial charge in [0.05, 0.1) is 4.90 Å². The van der Waals surface area contributed by atoms with Crippen molar-refractivity contribution < 1.29 is 8.42 Å². The molecule has 8 heteroatoms. The van der Waals surface area contributed by atoms with E-state index in [2.05, 4.69) is 10.3 Å². The highest BCUT2D eigenvalue weighted by Crippen LogP contribution is 2.25. The van der Waals surface area contributed by atoms with Crippen LogP contribution < -0.4 is 5.32 Å². The molecule has 0 aliphatic carbocycles. The number of hydrogen-bond donors (Lipinski definition) is 1. The Bertz CT molecular complexity index is 698. The van der Waals surface area contributed by atoms with E-state index in [1.165, 1.54) is 0 Å². The number of piperazine rings is 1. The van der Waals surface area contributed by atoms with Gasteiger partial charge in [-0.3, -0.25) is 4.98 Å². The number of pyridine rings is 1. The van der Waals surface area contributed by atoms with E-state index in [1.807, 2.05) is 6.07 Å². The molecule has 1 aliphatic rings. The molecule has 0 unspecified atom stereocenters. The Morgan fingerprint density at radius 1 is 1.10 bits per heavy atom. The van der Waals surface area contributed by atoms with Crippen LogP contribution in [0.15, 0.2) is 41.6 Å². The van der Waals surface area contributed by atoms with E-state index in [4.69, 9.17) is 0 Å². The maximum absolute atomic E-state index is 12.7. The van der Waals surface area contributed by atoms with Gasteiger partial charge in [0.25, 0.3) is 0 Å². The third-order valence-electron chi connectivity index (χ3n) is 3.33. The molecule has 3 rings (SSSR count). The molecule has 1 fully saturated rings. The van der Waals surface area contributed by atoms with Crippen molar-refractivity contribution in [2.45, 2.75) is 4.90 Å². The van der Waals surface area contributed by atoms with Gasteiger partial charge in [-0.2, -0.15) is 4.31 Å². The lowest BCUT2D eigenvalue weighted by molar-refractivity contribution is 0.360. The molecule has 0 radical (unpaired) electrons. The van der Waals surface area contributed by atoms with Crippen molar-refractivity contribution in [1.29, 1.82) is 0 Å². The van der Waals surface area contributed by atoms with Crippen LogP contribution in [0.25, 0.3) is 10.8 Å². The fourth-order valence-electron chi connectivity index (χ4n) is 2.34. The van der Waals surface area contributed by atoms with E-state index in [9.17, 15) is 8.42 Å². The maximum atomic E-state index is 12.7. The summed E-state index contributed by atoms with van der Waals surface area (Å²) in [5.41, 5.74) is 0. The highest BCUT2D eigenvalue weighted by Gasteiger charge is 2.27. The number of hydrogen-bond acceptors (Lipinski definition) is 4. The molecule has 2 aromatic rings. The van der Waals surface area contributed by atoms with Crippen molar-refractivity contribution in [2.24, 2.45) is 0 Å². The molecule has 21 heavy (non-hydrogen) atoms. The molecule has 0 atom stereocenters. The van der Waals surface area contributed by atoms with Crippen molar-refractivity contribution in [1.82, 2.24) is 14.6 Å². The van der Waals surface area contributed by atoms with Crippen LogP contribution in [0.1, 0.15) is 0 Å². The number of aromatic nitrogens is 1. The summed E-state index contributed by atoms with van der Waals surface area (Å²) >= 11 is 0. The molecule has 0 spiro atoms. The molecular weight excluding hydrogens is 333 g/mol. The SMILES string of the molecule is Cl.Cl.O=S(=O)(c1cccc2cnccc12)N1CCNCC1. The quantitative estimate of drug-likeness (QED) is 0.895. The maximum Gasteiger partial charge on any atom is 0.243 e. The first-order valence-electron chi connectivity index (χ1n) is 6.23. The third kappa shape index (κ3) is 3.46. The number of nitrogens with zero attached hydrogens (tertiary/aromatic N) is 2. The molecule has 2 heterocycles. The van der Waals surface area contributed by atoms with Crippen molar-refractivity contribution in [3.8, 4) is 0 Å². The summed E-state index contributed by atoms with van der Waals surface area (Å²) in [5, 5.41) is 4.74. The fraction of sp³-hybridized carbons (Fsp3) is 0.308. The Kier molecular flexibility index (Phi) is 6.37. The number of nitrogens with one attached hydrogen (secondary N) is 1. The number of fused-ring (bicyclic) bond motifs is 1. The predicted octanol–water partition coefficient (Wildman–Crippen LogP) is 1.67. The Morgan fingerprint density at radius 2 is 1.81 bits per heavy atom. The van der Waals surface area contributed by atoms with E-state index < -0.39 is 10.0 Å². The predicted molar refractivity (Wildman–Crippen MR) is 87.9 cm³/mol. The lowest BCUT2D eigenvalue weighted by Gasteiger charge is -2.27. The van der Waals surface area contributed by atoms with E-state index >= 15 is 0 Å². The van der Waals surface area contributed by atoms with Gasteiger partial charge in [-0.25, -0.2) is 8.42 Å². The van der Waals surface area contributed by atoms with Gasteiger partial charge >= 0.3 is 0 Å². The van der Waals surface area contributed by atoms with Crippen LogP contribution in [0.3, 0.4) is 0 Å². The van der Waals surface area contributed by atoms with E-state index in [0.29, 0.717) is 31.1 Å². The average Bonchev–Trinajstić information content (AvgIpc) is 2.47. The second-order valence-electron chi connectivity index (χ2n) is 4.51. The Morgan fingerprint density at radius 3 is 2.52 bits per heavy atom. The molecular formula is C13H17Cl2N3O2S. The van der Waals surface area contributed by atoms with Gasteiger partial charge in [0.1, 0.15) is 0 Å². The van der Waals surface area contributed by atoms with Gasteiger partial charge in [-0.1, -0.05) is 12.1 Å². The van der Waals surface area contributed by atoms with Crippen LogP contribution in [0.2, 0.25) is 0 Å². The Balaban J connectivity index is 0.00000110. The number of sulfonamides is 1. The van der Waals surface area contributed by atoms with Crippen LogP contribution in [0.5, 0.6) is 0 Å². The highest BCUT2D eigenvalue weighted by molar-refractivity contribution is 7.89. The van der Waals surface area contributed by atoms with Crippen LogP contribution in [-0.4, -0.2) is 43.9 Å². The average molecular weight is 350 g/mol. The summed E-state index contributed by atoms with van der Waals surface area (Å²) in [6.07, 6.45) is 3.31. The van der Waals surface area contributed by atoms with E-state index in [-0.39, 0.29) is 24.8 Å². The molecule has 1 N–H and O–H groups in total. The van der Waals surface area contributed by atoms with Crippen molar-refractivity contribution in [3.63, 3.8) is 0 Å². The van der Waals surface area contributed by atoms with Crippen molar-refractivity contribution >= 4 is 45.6 Å². The van der Waals surface area contributed by atoms with Gasteiger partial charge in [-0.05, 0) is 12.1 Å². The molecule has 1 aromatic heterocycles. The minimum atomic E-state index is -3.42. The van der Waals surface area contributed by atoms with Crippen molar-refractivity contribution in [3.05, 3.63) is 36.7 Å². The summed E-state index contributed by atoms with van der Waals surface area (Å²) < 4.78 is 26.9. The smallest absolute Gasteiger partial charge is 0.243 e. The minimum absolute atomic E-state index is 0. The summed E-state index contributed by atoms with van der Waals surface area (Å²) in [5.74, 6) is 0. The lowest BCUT2D eigenvalue weighted by atomic mass is 10.2. The standard InChI is InChI=1S/C13H15N3O2S.2ClH/c17-19(18,16-8-6-14-7-9-16)13-3-1-2-11-10-15-5-4-12(11)13;;/h1-5,10,14H,6-9H2;2*1H. The highest BCUT2D eigenvalue weighted by atomic mass is 35.5. The number of benzene rings is 1. The monoisotopic (exact) mass is 349 g/mol. The van der Waals surface area contributed by atoms with Gasteiger partial charge in [0, 0.05) is 49.3 Å². The molecule has 0 saturated carbocycles. The van der Waals surface area contributed by atoms with Gasteiger partial charge in [0.2, 0.25) is 10.0 Å². The summed E-state index contributed by atoms with van der Waals surface area (Å²) in [6.45, 7) is 2.44. The first-order valence-corrected chi connectivity index (χ1v) is 7.67. The van der Waals surface area contributed by atoms with Crippen molar-refractivity contribution in [2.75, 3.05) is 26.2 Å². The third-order valence-corrected chi connectivity index (χ3v) is 5.29. The van der Waals surface area contributed by atoms with Gasteiger partial charge < -0.3 is 5.32 Å². The Labute approximate surface area is 136 Å². The van der Waals surface area contributed by atoms with Crippen LogP contribution >= 0.6 is 24.8 Å². The molecule has 1 aliphatic heterocycles. The summed E-state index contributed by atoms with van der Waals surface area (Å²) in [7, 11) is -3.42. The molecule has 1 aromatic carbocycles. The zero-order valence-electron chi connectivity index (χ0n) is 11.2. The number of rotatable bonds is 2. The largest absolute Gasteiger partial charge is 0.314 e. The van der Waals surface area contributed by atoms with Crippen LogP contribution in [-0.2, 0) is 10.0 Å². The van der Waals surface area contributed by atoms with Gasteiger partial charge in [-0.15, -0.1) is 24.8 Å². The Hall–Kier alpha value is -0.920. The topological polar surface area (TPSA) is 62.3 Å². The second kappa shape index (κ2) is 7.38. The zero-order chi connectivity index (χ0) is 13.3. The first-order chi connectivity index (χ1) is 9.19. The second-order valence-corrected chi connectivity index (χ2v) is 6.41. The normalized spacial score (nSPS) is 16.0. The summed E-state index contributed by atoms with van der Waals surface area (Å²) in [6, 6.07) is 7.06. The fourth-order valence-corrected chi connectivity index (χ4v) is 4.00. The minimum Gasteiger partial charge on any atom is -0.314 e. The van der Waals surface area contributed by atoms with E-state index in [0.717, 1.165) is 10.8 Å². The van der Waals surface area contributed by atoms with Crippen LogP contribution in [0.4, 0.5) is 0 Å². The molecule has 1 saturated heterocycles. The molecule has 5 nitrogen and oxygen atoms in total. The van der Waals surface area contributed by atoms with Crippen LogP contribution in [0, 0.1) is 0 Å². The lowest BCUT2D eigenvalue weighted by Crippen LogP contribution is -2.46. The summed E-state index contributed by atoms with van der Waals surface area (Å²) in [4.78, 5) is 4.40. The molecule has 0 amide bonds. The molecule has 116 valence electrons. The molecule has 0 bridgehead atoms.